The number of ether oxygens (including phenoxy) is 2. The summed E-state index contributed by atoms with van der Waals surface area (Å²) < 4.78 is 11.7. The second kappa shape index (κ2) is 9.73. The van der Waals surface area contributed by atoms with E-state index in [1.165, 1.54) is 33.9 Å². The quantitative estimate of drug-likeness (QED) is 0.206. The number of hydrogen-bond donors (Lipinski definition) is 1. The first-order valence-corrected chi connectivity index (χ1v) is 14.3. The van der Waals surface area contributed by atoms with Crippen molar-refractivity contribution in [3.63, 3.8) is 0 Å². The van der Waals surface area contributed by atoms with Gasteiger partial charge < -0.3 is 9.47 Å². The summed E-state index contributed by atoms with van der Waals surface area (Å²) in [6.07, 6.45) is 7.15. The zero-order valence-electron chi connectivity index (χ0n) is 20.1. The third-order valence-corrected chi connectivity index (χ3v) is 10.6. The Morgan fingerprint density at radius 3 is 1.69 bits per heavy atom. The molecule has 0 aromatic heterocycles. The summed E-state index contributed by atoms with van der Waals surface area (Å²) in [6.45, 7) is 0.715. The SMILES string of the molecule is O=C(OCCOc1ccc([SH](c2ccccc2)c2ccccc2)cc1)C12CC3CC(CC(C3)C1)C2. The third kappa shape index (κ3) is 4.73. The van der Waals surface area contributed by atoms with E-state index >= 15 is 0 Å². The van der Waals surface area contributed by atoms with Crippen LogP contribution >= 0.6 is 10.9 Å². The van der Waals surface area contributed by atoms with Gasteiger partial charge in [-0.2, -0.15) is 10.9 Å². The summed E-state index contributed by atoms with van der Waals surface area (Å²) in [5.41, 5.74) is -0.192. The normalized spacial score (nSPS) is 26.9. The second-order valence-electron chi connectivity index (χ2n) is 10.7. The molecule has 4 fully saturated rings. The maximum Gasteiger partial charge on any atom is 0.312 e. The van der Waals surface area contributed by atoms with Gasteiger partial charge in [-0.15, -0.1) is 0 Å². The maximum absolute atomic E-state index is 13.0. The molecule has 0 radical (unpaired) electrons. The van der Waals surface area contributed by atoms with Gasteiger partial charge in [0.25, 0.3) is 0 Å². The Morgan fingerprint density at radius 2 is 1.17 bits per heavy atom. The Labute approximate surface area is 211 Å². The Morgan fingerprint density at radius 1 is 0.686 bits per heavy atom. The van der Waals surface area contributed by atoms with Gasteiger partial charge in [0.05, 0.1) is 5.41 Å². The summed E-state index contributed by atoms with van der Waals surface area (Å²) >= 11 is 0. The monoisotopic (exact) mass is 486 g/mol. The highest BCUT2D eigenvalue weighted by molar-refractivity contribution is 8.17. The molecule has 4 aliphatic rings. The van der Waals surface area contributed by atoms with Crippen molar-refractivity contribution >= 4 is 16.9 Å². The van der Waals surface area contributed by atoms with Crippen LogP contribution in [-0.4, -0.2) is 19.2 Å². The number of esters is 1. The van der Waals surface area contributed by atoms with E-state index in [1.54, 1.807) is 0 Å². The number of hydrogen-bond acceptors (Lipinski definition) is 3. The number of carbonyl (C=O) groups is 1. The van der Waals surface area contributed by atoms with E-state index in [2.05, 4.69) is 72.8 Å². The highest BCUT2D eigenvalue weighted by atomic mass is 32.2. The minimum Gasteiger partial charge on any atom is -0.490 e. The minimum atomic E-state index is -0.622. The number of benzene rings is 3. The molecule has 7 rings (SSSR count). The Kier molecular flexibility index (Phi) is 6.32. The maximum atomic E-state index is 13.0. The van der Waals surface area contributed by atoms with Gasteiger partial charge >= 0.3 is 5.97 Å². The van der Waals surface area contributed by atoms with E-state index in [0.717, 1.165) is 42.8 Å². The molecule has 3 nitrogen and oxygen atoms in total. The zero-order chi connectivity index (χ0) is 23.7. The van der Waals surface area contributed by atoms with Crippen LogP contribution in [0.15, 0.2) is 99.6 Å². The molecule has 0 spiro atoms. The van der Waals surface area contributed by atoms with Crippen molar-refractivity contribution in [2.24, 2.45) is 23.2 Å². The predicted octanol–water partition coefficient (Wildman–Crippen LogP) is 7.30. The van der Waals surface area contributed by atoms with E-state index in [0.29, 0.717) is 13.2 Å². The lowest BCUT2D eigenvalue weighted by molar-refractivity contribution is -0.172. The number of thiol groups is 1. The molecule has 0 atom stereocenters. The highest BCUT2D eigenvalue weighted by Crippen LogP contribution is 2.60. The fraction of sp³-hybridized carbons (Fsp3) is 0.387. The van der Waals surface area contributed by atoms with Gasteiger partial charge in [-0.1, -0.05) is 36.4 Å². The van der Waals surface area contributed by atoms with Crippen molar-refractivity contribution in [2.45, 2.75) is 53.2 Å². The molecule has 3 aromatic carbocycles. The molecule has 3 aromatic rings. The molecule has 0 aliphatic heterocycles. The van der Waals surface area contributed by atoms with Gasteiger partial charge in [0.2, 0.25) is 0 Å². The van der Waals surface area contributed by atoms with Crippen LogP contribution in [0.2, 0.25) is 0 Å². The molecule has 35 heavy (non-hydrogen) atoms. The molecule has 0 amide bonds. The van der Waals surface area contributed by atoms with Crippen molar-refractivity contribution in [3.05, 3.63) is 84.9 Å². The van der Waals surface area contributed by atoms with Crippen molar-refractivity contribution in [1.29, 1.82) is 0 Å². The second-order valence-corrected chi connectivity index (χ2v) is 12.9. The molecule has 0 heterocycles. The molecule has 0 unspecified atom stereocenters. The van der Waals surface area contributed by atoms with Gasteiger partial charge in [0.1, 0.15) is 19.0 Å². The van der Waals surface area contributed by atoms with Crippen LogP contribution < -0.4 is 4.74 Å². The van der Waals surface area contributed by atoms with Crippen LogP contribution in [0.1, 0.15) is 38.5 Å². The van der Waals surface area contributed by atoms with Gasteiger partial charge in [0.15, 0.2) is 0 Å². The average molecular weight is 487 g/mol. The van der Waals surface area contributed by atoms with E-state index in [9.17, 15) is 4.79 Å². The summed E-state index contributed by atoms with van der Waals surface area (Å²) in [6, 6.07) is 29.8. The topological polar surface area (TPSA) is 35.5 Å². The van der Waals surface area contributed by atoms with Crippen molar-refractivity contribution in [3.8, 4) is 5.75 Å². The van der Waals surface area contributed by atoms with Crippen molar-refractivity contribution in [1.82, 2.24) is 0 Å². The van der Waals surface area contributed by atoms with Crippen LogP contribution in [0, 0.1) is 23.2 Å². The lowest BCUT2D eigenvalue weighted by atomic mass is 9.49. The molecule has 4 saturated carbocycles. The molecular formula is C31H34O3S. The fourth-order valence-electron chi connectivity index (χ4n) is 7.10. The van der Waals surface area contributed by atoms with Crippen LogP contribution in [0.5, 0.6) is 5.75 Å². The molecular weight excluding hydrogens is 452 g/mol. The van der Waals surface area contributed by atoms with Crippen LogP contribution in [0.4, 0.5) is 0 Å². The van der Waals surface area contributed by atoms with Crippen LogP contribution in [-0.2, 0) is 9.53 Å². The van der Waals surface area contributed by atoms with Crippen LogP contribution in [0.25, 0.3) is 0 Å². The van der Waals surface area contributed by atoms with Crippen molar-refractivity contribution < 1.29 is 14.3 Å². The summed E-state index contributed by atoms with van der Waals surface area (Å²) in [7, 11) is -0.622. The average Bonchev–Trinajstić information content (AvgIpc) is 2.88. The standard InChI is InChI=1S/C31H34O3S/c32-30(31-20-23-17-24(21-31)19-25(18-23)22-31)34-16-15-33-26-11-13-29(14-12-26)35(27-7-3-1-4-8-27)28-9-5-2-6-10-28/h1-14,23-25,35H,15-22H2. The van der Waals surface area contributed by atoms with Crippen molar-refractivity contribution in [2.75, 3.05) is 13.2 Å². The molecule has 4 heteroatoms. The molecule has 4 bridgehead atoms. The summed E-state index contributed by atoms with van der Waals surface area (Å²) in [5.74, 6) is 3.10. The molecule has 0 saturated heterocycles. The predicted molar refractivity (Wildman–Crippen MR) is 140 cm³/mol. The van der Waals surface area contributed by atoms with E-state index < -0.39 is 10.9 Å². The van der Waals surface area contributed by atoms with E-state index in [1.807, 2.05) is 12.1 Å². The van der Waals surface area contributed by atoms with Gasteiger partial charge in [-0.25, -0.2) is 0 Å². The fourth-order valence-corrected chi connectivity index (χ4v) is 9.38. The smallest absolute Gasteiger partial charge is 0.312 e. The molecule has 182 valence electrons. The molecule has 4 aliphatic carbocycles. The Bertz CT molecular complexity index is 1070. The van der Waals surface area contributed by atoms with Gasteiger partial charge in [-0.05, 0) is 119 Å². The van der Waals surface area contributed by atoms with Crippen LogP contribution in [0.3, 0.4) is 0 Å². The zero-order valence-corrected chi connectivity index (χ0v) is 21.0. The number of rotatable bonds is 8. The highest BCUT2D eigenvalue weighted by Gasteiger charge is 2.55. The molecule has 0 N–H and O–H groups in total. The van der Waals surface area contributed by atoms with E-state index in [4.69, 9.17) is 9.47 Å². The minimum absolute atomic E-state index is 0.0342. The summed E-state index contributed by atoms with van der Waals surface area (Å²) in [5, 5.41) is 0. The first kappa shape index (κ1) is 22.7. The first-order valence-electron chi connectivity index (χ1n) is 13.0. The lowest BCUT2D eigenvalue weighted by Crippen LogP contribution is -2.50. The Hall–Kier alpha value is -2.72. The Balaban J connectivity index is 1.06. The number of carbonyl (C=O) groups excluding carboxylic acids is 1. The van der Waals surface area contributed by atoms with Gasteiger partial charge in [0, 0.05) is 0 Å². The van der Waals surface area contributed by atoms with Gasteiger partial charge in [-0.3, -0.25) is 4.79 Å². The van der Waals surface area contributed by atoms with E-state index in [-0.39, 0.29) is 11.4 Å². The first-order chi connectivity index (χ1) is 17.2. The lowest BCUT2D eigenvalue weighted by Gasteiger charge is -2.55. The summed E-state index contributed by atoms with van der Waals surface area (Å²) in [4.78, 5) is 17.0. The largest absolute Gasteiger partial charge is 0.490 e. The third-order valence-electron chi connectivity index (χ3n) is 8.18.